The van der Waals surface area contributed by atoms with Crippen molar-refractivity contribution in [3.05, 3.63) is 15.8 Å². The lowest BCUT2D eigenvalue weighted by atomic mass is 10.4. The lowest BCUT2D eigenvalue weighted by molar-refractivity contribution is 0.412. The van der Waals surface area contributed by atoms with E-state index in [4.69, 9.17) is 5.73 Å². The zero-order chi connectivity index (χ0) is 13.1. The highest BCUT2D eigenvalue weighted by molar-refractivity contribution is 7.89. The van der Waals surface area contributed by atoms with Gasteiger partial charge in [0, 0.05) is 29.4 Å². The summed E-state index contributed by atoms with van der Waals surface area (Å²) in [6.45, 7) is 3.25. The van der Waals surface area contributed by atoms with E-state index in [2.05, 4.69) is 4.72 Å². The van der Waals surface area contributed by atoms with Gasteiger partial charge in [-0.2, -0.15) is 0 Å². The number of aryl methyl sites for hydroxylation is 1. The van der Waals surface area contributed by atoms with Gasteiger partial charge in [-0.15, -0.1) is 11.3 Å². The van der Waals surface area contributed by atoms with Gasteiger partial charge in [0.05, 0.1) is 4.90 Å². The molecule has 17 heavy (non-hydrogen) atoms. The third kappa shape index (κ3) is 4.04. The molecule has 0 unspecified atom stereocenters. The van der Waals surface area contributed by atoms with Crippen molar-refractivity contribution in [2.24, 2.45) is 5.73 Å². The molecule has 5 nitrogen and oxygen atoms in total. The summed E-state index contributed by atoms with van der Waals surface area (Å²) in [6.07, 6.45) is 0. The minimum atomic E-state index is -3.40. The molecule has 1 aromatic rings. The number of sulfonamides is 1. The van der Waals surface area contributed by atoms with Crippen LogP contribution >= 0.6 is 11.3 Å². The van der Waals surface area contributed by atoms with Crippen molar-refractivity contribution < 1.29 is 8.42 Å². The molecule has 3 N–H and O–H groups in total. The molecule has 0 spiro atoms. The summed E-state index contributed by atoms with van der Waals surface area (Å²) < 4.78 is 26.6. The second kappa shape index (κ2) is 5.92. The van der Waals surface area contributed by atoms with E-state index >= 15 is 0 Å². The fraction of sp³-hybridized carbons (Fsp3) is 0.600. The minimum absolute atomic E-state index is 0.349. The summed E-state index contributed by atoms with van der Waals surface area (Å²) in [7, 11) is 0.401. The lowest BCUT2D eigenvalue weighted by Crippen LogP contribution is -2.31. The highest BCUT2D eigenvalue weighted by atomic mass is 32.2. The molecule has 7 heteroatoms. The molecular formula is C10H19N3O2S2. The molecule has 0 aliphatic rings. The summed E-state index contributed by atoms with van der Waals surface area (Å²) in [6, 6.07) is 1.65. The largest absolute Gasteiger partial charge is 0.326 e. The van der Waals surface area contributed by atoms with E-state index in [0.717, 1.165) is 9.75 Å². The monoisotopic (exact) mass is 277 g/mol. The molecule has 0 atom stereocenters. The predicted octanol–water partition coefficient (Wildman–Crippen LogP) is 0.355. The molecule has 0 saturated heterocycles. The summed E-state index contributed by atoms with van der Waals surface area (Å²) >= 11 is 1.43. The summed E-state index contributed by atoms with van der Waals surface area (Å²) in [5.41, 5.74) is 5.50. The molecule has 1 aromatic heterocycles. The van der Waals surface area contributed by atoms with Crippen molar-refractivity contribution >= 4 is 21.4 Å². The van der Waals surface area contributed by atoms with Crippen molar-refractivity contribution in [3.8, 4) is 0 Å². The smallest absolute Gasteiger partial charge is 0.241 e. The Balaban J connectivity index is 2.78. The number of hydrogen-bond acceptors (Lipinski definition) is 5. The highest BCUT2D eigenvalue weighted by Crippen LogP contribution is 2.24. The third-order valence-corrected chi connectivity index (χ3v) is 5.05. The SMILES string of the molecule is Cc1sc(CN)cc1S(=O)(=O)NCCN(C)C. The van der Waals surface area contributed by atoms with Crippen LogP contribution in [0.15, 0.2) is 11.0 Å². The Morgan fingerprint density at radius 3 is 2.59 bits per heavy atom. The Morgan fingerprint density at radius 2 is 2.12 bits per heavy atom. The van der Waals surface area contributed by atoms with Crippen LogP contribution in [-0.4, -0.2) is 40.5 Å². The summed E-state index contributed by atoms with van der Waals surface area (Å²) in [5, 5.41) is 0. The standard InChI is InChI=1S/C10H19N3O2S2/c1-8-10(6-9(7-11)16-8)17(14,15)12-4-5-13(2)3/h6,12H,4-5,7,11H2,1-3H3. The normalized spacial score (nSPS) is 12.3. The van der Waals surface area contributed by atoms with E-state index in [-0.39, 0.29) is 0 Å². The van der Waals surface area contributed by atoms with Crippen LogP contribution in [0.25, 0.3) is 0 Å². The van der Waals surface area contributed by atoms with Crippen LogP contribution < -0.4 is 10.5 Å². The molecule has 0 fully saturated rings. The Morgan fingerprint density at radius 1 is 1.47 bits per heavy atom. The zero-order valence-corrected chi connectivity index (χ0v) is 12.0. The number of likely N-dealkylation sites (N-methyl/N-ethyl adjacent to an activating group) is 1. The first-order valence-corrected chi connectivity index (χ1v) is 7.60. The van der Waals surface area contributed by atoms with Gasteiger partial charge in [-0.3, -0.25) is 0 Å². The van der Waals surface area contributed by atoms with E-state index in [1.165, 1.54) is 11.3 Å². The first-order valence-electron chi connectivity index (χ1n) is 5.30. The molecule has 98 valence electrons. The number of rotatable bonds is 6. The summed E-state index contributed by atoms with van der Waals surface area (Å²) in [5.74, 6) is 0. The van der Waals surface area contributed by atoms with Crippen LogP contribution in [0.5, 0.6) is 0 Å². The third-order valence-electron chi connectivity index (χ3n) is 2.27. The van der Waals surface area contributed by atoms with Gasteiger partial charge in [0.2, 0.25) is 10.0 Å². The Hall–Kier alpha value is -0.470. The van der Waals surface area contributed by atoms with E-state index in [9.17, 15) is 8.42 Å². The predicted molar refractivity (Wildman–Crippen MR) is 70.7 cm³/mol. The molecule has 1 heterocycles. The van der Waals surface area contributed by atoms with Gasteiger partial charge >= 0.3 is 0 Å². The van der Waals surface area contributed by atoms with Gasteiger partial charge in [0.25, 0.3) is 0 Å². The van der Waals surface area contributed by atoms with Gasteiger partial charge in [0.15, 0.2) is 0 Å². The average Bonchev–Trinajstić information content (AvgIpc) is 2.59. The fourth-order valence-electron chi connectivity index (χ4n) is 1.37. The molecule has 0 aliphatic heterocycles. The quantitative estimate of drug-likeness (QED) is 0.787. The van der Waals surface area contributed by atoms with Crippen LogP contribution in [0.4, 0.5) is 0 Å². The van der Waals surface area contributed by atoms with Crippen molar-refractivity contribution in [1.82, 2.24) is 9.62 Å². The number of thiophene rings is 1. The highest BCUT2D eigenvalue weighted by Gasteiger charge is 2.18. The number of nitrogens with one attached hydrogen (secondary N) is 1. The first-order chi connectivity index (χ1) is 7.86. The Labute approximate surface area is 107 Å². The van der Waals surface area contributed by atoms with Crippen molar-refractivity contribution in [1.29, 1.82) is 0 Å². The van der Waals surface area contributed by atoms with Gasteiger partial charge in [-0.25, -0.2) is 13.1 Å². The Bertz CT molecular complexity index is 466. The van der Waals surface area contributed by atoms with E-state index in [1.54, 1.807) is 13.0 Å². The van der Waals surface area contributed by atoms with E-state index < -0.39 is 10.0 Å². The fourth-order valence-corrected chi connectivity index (χ4v) is 3.91. The molecule has 0 aromatic carbocycles. The minimum Gasteiger partial charge on any atom is -0.326 e. The van der Waals surface area contributed by atoms with Gasteiger partial charge in [0.1, 0.15) is 0 Å². The molecule has 1 rings (SSSR count). The maximum atomic E-state index is 12.0. The van der Waals surface area contributed by atoms with Gasteiger partial charge in [-0.1, -0.05) is 0 Å². The molecule has 0 radical (unpaired) electrons. The van der Waals surface area contributed by atoms with E-state index in [1.807, 2.05) is 19.0 Å². The average molecular weight is 277 g/mol. The number of hydrogen-bond donors (Lipinski definition) is 2. The maximum Gasteiger partial charge on any atom is 0.241 e. The Kier molecular flexibility index (Phi) is 5.08. The van der Waals surface area contributed by atoms with Crippen molar-refractivity contribution in [3.63, 3.8) is 0 Å². The molecule has 0 bridgehead atoms. The van der Waals surface area contributed by atoms with Crippen molar-refractivity contribution in [2.75, 3.05) is 27.2 Å². The topological polar surface area (TPSA) is 75.4 Å². The van der Waals surface area contributed by atoms with Crippen LogP contribution in [0.2, 0.25) is 0 Å². The second-order valence-electron chi connectivity index (χ2n) is 4.04. The number of nitrogens with two attached hydrogens (primary N) is 1. The summed E-state index contributed by atoms with van der Waals surface area (Å²) in [4.78, 5) is 3.94. The molecular weight excluding hydrogens is 258 g/mol. The van der Waals surface area contributed by atoms with Crippen LogP contribution in [0.1, 0.15) is 9.75 Å². The van der Waals surface area contributed by atoms with Gasteiger partial charge < -0.3 is 10.6 Å². The van der Waals surface area contributed by atoms with Gasteiger partial charge in [-0.05, 0) is 27.1 Å². The lowest BCUT2D eigenvalue weighted by Gasteiger charge is -2.10. The zero-order valence-electron chi connectivity index (χ0n) is 10.4. The number of nitrogens with zero attached hydrogens (tertiary/aromatic N) is 1. The molecule has 0 saturated carbocycles. The molecule has 0 amide bonds. The second-order valence-corrected chi connectivity index (χ2v) is 7.11. The van der Waals surface area contributed by atoms with Crippen molar-refractivity contribution in [2.45, 2.75) is 18.4 Å². The molecule has 0 aliphatic carbocycles. The van der Waals surface area contributed by atoms with Crippen LogP contribution in [-0.2, 0) is 16.6 Å². The van der Waals surface area contributed by atoms with E-state index in [0.29, 0.717) is 24.5 Å². The maximum absolute atomic E-state index is 12.0. The first kappa shape index (κ1) is 14.6. The van der Waals surface area contributed by atoms with Crippen LogP contribution in [0, 0.1) is 6.92 Å². The van der Waals surface area contributed by atoms with Crippen LogP contribution in [0.3, 0.4) is 0 Å².